The lowest BCUT2D eigenvalue weighted by molar-refractivity contribution is -0.136. The predicted molar refractivity (Wildman–Crippen MR) is 134 cm³/mol. The minimum Gasteiger partial charge on any atom is -0.467 e. The van der Waals surface area contributed by atoms with Gasteiger partial charge in [-0.2, -0.15) is 0 Å². The van der Waals surface area contributed by atoms with E-state index in [1.165, 1.54) is 4.90 Å². The Bertz CT molecular complexity index is 1310. The maximum absolute atomic E-state index is 14.0. The lowest BCUT2D eigenvalue weighted by atomic mass is 9.95. The lowest BCUT2D eigenvalue weighted by Crippen LogP contribution is -2.47. The van der Waals surface area contributed by atoms with Gasteiger partial charge < -0.3 is 20.0 Å². The molecule has 0 saturated carbocycles. The first-order chi connectivity index (χ1) is 17.5. The number of carbonyl (C=O) groups is 3. The molecule has 5 rings (SSSR count). The Morgan fingerprint density at radius 2 is 1.86 bits per heavy atom. The van der Waals surface area contributed by atoms with Crippen molar-refractivity contribution in [1.82, 2.24) is 20.4 Å². The monoisotopic (exact) mass is 504 g/mol. The number of benzene rings is 2. The van der Waals surface area contributed by atoms with Gasteiger partial charge in [0.1, 0.15) is 11.8 Å². The summed E-state index contributed by atoms with van der Waals surface area (Å²) in [6, 6.07) is 17.9. The number of urea groups is 1. The standard InChI is InChI=1S/C27H25ClN4O4/c1-2-31-21-16-32(26(34)22(21)23(30-27(31)35)17-10-12-19(28)13-11-17)24(18-7-4-3-5-8-18)25(33)29-15-20-9-6-14-36-20/h3-14,23-24H,2,15-16H2,1H3,(H,29,33)(H,30,35)/t23-,24-/m1/s1. The summed E-state index contributed by atoms with van der Waals surface area (Å²) in [5.74, 6) is -0.0309. The Labute approximate surface area is 213 Å². The van der Waals surface area contributed by atoms with Crippen molar-refractivity contribution in [2.75, 3.05) is 13.1 Å². The van der Waals surface area contributed by atoms with Gasteiger partial charge in [0.2, 0.25) is 5.91 Å². The van der Waals surface area contributed by atoms with Crippen LogP contribution in [0.15, 0.2) is 88.7 Å². The lowest BCUT2D eigenvalue weighted by Gasteiger charge is -2.32. The molecule has 2 N–H and O–H groups in total. The van der Waals surface area contributed by atoms with Crippen molar-refractivity contribution in [1.29, 1.82) is 0 Å². The van der Waals surface area contributed by atoms with Gasteiger partial charge >= 0.3 is 6.03 Å². The normalized spacial score (nSPS) is 18.2. The Kier molecular flexibility index (Phi) is 6.52. The highest BCUT2D eigenvalue weighted by molar-refractivity contribution is 6.30. The maximum Gasteiger partial charge on any atom is 0.322 e. The molecule has 3 heterocycles. The van der Waals surface area contributed by atoms with E-state index < -0.39 is 12.1 Å². The van der Waals surface area contributed by atoms with Gasteiger partial charge in [-0.3, -0.25) is 14.5 Å². The van der Waals surface area contributed by atoms with Crippen molar-refractivity contribution in [3.8, 4) is 0 Å². The SMILES string of the molecule is CCN1C(=O)N[C@H](c2ccc(Cl)cc2)C2=C1CN([C@@H](C(=O)NCc1ccco1)c1ccccc1)C2=O. The number of amides is 4. The first kappa shape index (κ1) is 23.7. The highest BCUT2D eigenvalue weighted by Crippen LogP contribution is 2.39. The molecule has 2 atom stereocenters. The van der Waals surface area contributed by atoms with Crippen LogP contribution in [-0.2, 0) is 16.1 Å². The van der Waals surface area contributed by atoms with Crippen molar-refractivity contribution in [2.24, 2.45) is 0 Å². The van der Waals surface area contributed by atoms with E-state index in [1.54, 1.807) is 47.6 Å². The molecule has 184 valence electrons. The summed E-state index contributed by atoms with van der Waals surface area (Å²) in [5.41, 5.74) is 2.47. The number of nitrogens with zero attached hydrogens (tertiary/aromatic N) is 2. The van der Waals surface area contributed by atoms with Crippen molar-refractivity contribution in [3.05, 3.63) is 106 Å². The smallest absolute Gasteiger partial charge is 0.322 e. The van der Waals surface area contributed by atoms with Crippen LogP contribution in [0.1, 0.15) is 35.9 Å². The van der Waals surface area contributed by atoms with E-state index in [0.717, 1.165) is 5.56 Å². The van der Waals surface area contributed by atoms with Gasteiger partial charge in [0.05, 0.1) is 36.7 Å². The van der Waals surface area contributed by atoms with Gasteiger partial charge in [-0.05, 0) is 42.3 Å². The number of furan rings is 1. The van der Waals surface area contributed by atoms with Crippen molar-refractivity contribution >= 4 is 29.4 Å². The van der Waals surface area contributed by atoms with Crippen LogP contribution in [-0.4, -0.2) is 40.7 Å². The Balaban J connectivity index is 1.51. The molecule has 0 saturated heterocycles. The molecule has 3 aromatic rings. The van der Waals surface area contributed by atoms with Gasteiger partial charge in [0.25, 0.3) is 5.91 Å². The van der Waals surface area contributed by atoms with E-state index in [-0.39, 0.29) is 30.9 Å². The fourth-order valence-corrected chi connectivity index (χ4v) is 4.88. The molecule has 0 radical (unpaired) electrons. The summed E-state index contributed by atoms with van der Waals surface area (Å²) in [4.78, 5) is 43.5. The second kappa shape index (κ2) is 9.91. The molecule has 4 amide bonds. The average Bonchev–Trinajstić information content (AvgIpc) is 3.52. The summed E-state index contributed by atoms with van der Waals surface area (Å²) < 4.78 is 5.34. The topological polar surface area (TPSA) is 94.9 Å². The Morgan fingerprint density at radius 3 is 2.53 bits per heavy atom. The molecule has 2 aromatic carbocycles. The van der Waals surface area contributed by atoms with Crippen LogP contribution in [0.3, 0.4) is 0 Å². The van der Waals surface area contributed by atoms with Crippen molar-refractivity contribution in [2.45, 2.75) is 25.6 Å². The number of hydrogen-bond acceptors (Lipinski definition) is 4. The molecule has 9 heteroatoms. The number of rotatable bonds is 7. The molecule has 0 spiro atoms. The molecular weight excluding hydrogens is 480 g/mol. The van der Waals surface area contributed by atoms with Crippen LogP contribution >= 0.6 is 11.6 Å². The van der Waals surface area contributed by atoms with E-state index in [0.29, 0.717) is 34.2 Å². The molecule has 0 unspecified atom stereocenters. The Hall–Kier alpha value is -4.04. The van der Waals surface area contributed by atoms with Crippen molar-refractivity contribution < 1.29 is 18.8 Å². The van der Waals surface area contributed by atoms with Crippen LogP contribution in [0.2, 0.25) is 5.02 Å². The van der Waals surface area contributed by atoms with Gasteiger partial charge in [-0.1, -0.05) is 54.1 Å². The highest BCUT2D eigenvalue weighted by Gasteiger charge is 2.47. The Morgan fingerprint density at radius 1 is 1.11 bits per heavy atom. The quantitative estimate of drug-likeness (QED) is 0.505. The van der Waals surface area contributed by atoms with Gasteiger partial charge in [0, 0.05) is 11.6 Å². The van der Waals surface area contributed by atoms with Crippen LogP contribution in [0.5, 0.6) is 0 Å². The third kappa shape index (κ3) is 4.35. The molecule has 36 heavy (non-hydrogen) atoms. The third-order valence-corrected chi connectivity index (χ3v) is 6.71. The summed E-state index contributed by atoms with van der Waals surface area (Å²) in [6.07, 6.45) is 1.54. The average molecular weight is 505 g/mol. The minimum absolute atomic E-state index is 0.132. The van der Waals surface area contributed by atoms with Gasteiger partial charge in [0.15, 0.2) is 0 Å². The van der Waals surface area contributed by atoms with E-state index >= 15 is 0 Å². The zero-order chi connectivity index (χ0) is 25.2. The molecular formula is C27H25ClN4O4. The number of nitrogens with one attached hydrogen (secondary N) is 2. The van der Waals surface area contributed by atoms with E-state index in [1.807, 2.05) is 37.3 Å². The number of halogens is 1. The first-order valence-electron chi connectivity index (χ1n) is 11.7. The molecule has 0 bridgehead atoms. The summed E-state index contributed by atoms with van der Waals surface area (Å²) in [7, 11) is 0. The zero-order valence-electron chi connectivity index (χ0n) is 19.6. The van der Waals surface area contributed by atoms with Crippen LogP contribution in [0, 0.1) is 0 Å². The fraction of sp³-hybridized carbons (Fsp3) is 0.222. The first-order valence-corrected chi connectivity index (χ1v) is 12.1. The van der Waals surface area contributed by atoms with Crippen LogP contribution in [0.4, 0.5) is 4.79 Å². The summed E-state index contributed by atoms with van der Waals surface area (Å²) >= 11 is 6.07. The number of likely N-dealkylation sites (N-methyl/N-ethyl adjacent to an activating group) is 1. The van der Waals surface area contributed by atoms with Gasteiger partial charge in [-0.25, -0.2) is 4.79 Å². The largest absolute Gasteiger partial charge is 0.467 e. The fourth-order valence-electron chi connectivity index (χ4n) is 4.75. The third-order valence-electron chi connectivity index (χ3n) is 6.46. The van der Waals surface area contributed by atoms with Crippen LogP contribution in [0.25, 0.3) is 0 Å². The van der Waals surface area contributed by atoms with Crippen LogP contribution < -0.4 is 10.6 Å². The minimum atomic E-state index is -0.890. The second-order valence-electron chi connectivity index (χ2n) is 8.58. The summed E-state index contributed by atoms with van der Waals surface area (Å²) in [5, 5.41) is 6.40. The summed E-state index contributed by atoms with van der Waals surface area (Å²) in [6.45, 7) is 2.57. The molecule has 0 aliphatic carbocycles. The van der Waals surface area contributed by atoms with Crippen molar-refractivity contribution in [3.63, 3.8) is 0 Å². The molecule has 2 aliphatic rings. The second-order valence-corrected chi connectivity index (χ2v) is 9.02. The maximum atomic E-state index is 14.0. The predicted octanol–water partition coefficient (Wildman–Crippen LogP) is 4.17. The van der Waals surface area contributed by atoms with E-state index in [9.17, 15) is 14.4 Å². The molecule has 1 aromatic heterocycles. The molecule has 2 aliphatic heterocycles. The molecule has 0 fully saturated rings. The number of hydrogen-bond donors (Lipinski definition) is 2. The van der Waals surface area contributed by atoms with Gasteiger partial charge in [-0.15, -0.1) is 0 Å². The number of carbonyl (C=O) groups excluding carboxylic acids is 3. The van der Waals surface area contributed by atoms with E-state index in [2.05, 4.69) is 10.6 Å². The van der Waals surface area contributed by atoms with E-state index in [4.69, 9.17) is 16.0 Å². The molecule has 8 nitrogen and oxygen atoms in total. The zero-order valence-corrected chi connectivity index (χ0v) is 20.4. The highest BCUT2D eigenvalue weighted by atomic mass is 35.5.